The van der Waals surface area contributed by atoms with Crippen molar-refractivity contribution in [3.8, 4) is 28.5 Å². The first-order valence-electron chi connectivity index (χ1n) is 11.2. The molecular weight excluding hydrogens is 468 g/mol. The molecule has 182 valence electrons. The number of halogens is 1. The van der Waals surface area contributed by atoms with E-state index in [1.165, 1.54) is 4.68 Å². The molecule has 0 atom stereocenters. The van der Waals surface area contributed by atoms with Crippen molar-refractivity contribution < 1.29 is 9.21 Å². The molecule has 0 unspecified atom stereocenters. The first-order chi connectivity index (χ1) is 16.5. The second-order valence-electron chi connectivity index (χ2n) is 9.59. The molecule has 0 saturated carbocycles. The zero-order valence-electron chi connectivity index (χ0n) is 20.2. The van der Waals surface area contributed by atoms with Gasteiger partial charge in [-0.05, 0) is 29.8 Å². The van der Waals surface area contributed by atoms with E-state index in [2.05, 4.69) is 25.6 Å². The van der Waals surface area contributed by atoms with Crippen LogP contribution in [-0.2, 0) is 11.3 Å². The molecule has 10 heteroatoms. The third kappa shape index (κ3) is 5.35. The fourth-order valence-corrected chi connectivity index (χ4v) is 3.45. The van der Waals surface area contributed by atoms with E-state index in [1.54, 1.807) is 18.2 Å². The minimum Gasteiger partial charge on any atom is -0.420 e. The highest BCUT2D eigenvalue weighted by Crippen LogP contribution is 2.25. The highest BCUT2D eigenvalue weighted by molar-refractivity contribution is 6.32. The van der Waals surface area contributed by atoms with E-state index in [0.29, 0.717) is 40.4 Å². The van der Waals surface area contributed by atoms with Crippen molar-refractivity contribution in [2.24, 2.45) is 5.41 Å². The minimum absolute atomic E-state index is 0.0716. The molecule has 2 heterocycles. The van der Waals surface area contributed by atoms with Gasteiger partial charge in [0, 0.05) is 29.0 Å². The van der Waals surface area contributed by atoms with Crippen LogP contribution in [0.4, 0.5) is 0 Å². The molecule has 0 bridgehead atoms. The summed E-state index contributed by atoms with van der Waals surface area (Å²) in [5.74, 6) is 1.46. The highest BCUT2D eigenvalue weighted by Gasteiger charge is 2.21. The molecule has 4 rings (SSSR count). The van der Waals surface area contributed by atoms with Gasteiger partial charge in [-0.25, -0.2) is 4.79 Å². The standard InChI is InChI=1S/C25H27ClN6O3/c1-14(2)21-29-30-22(35-21)17-9-7-16(8-10-17)20-28-24(34)32(31-20)19-12-15(6-11-18(19)26)13-27-23(33)25(3,4)5/h6-12,14H,13H2,1-5H3,(H,27,33)(H,28,31,34). The summed E-state index contributed by atoms with van der Waals surface area (Å²) in [7, 11) is 0. The second kappa shape index (κ2) is 9.50. The number of carbonyl (C=O) groups is 1. The maximum atomic E-state index is 12.7. The Balaban J connectivity index is 1.57. The smallest absolute Gasteiger partial charge is 0.348 e. The van der Waals surface area contributed by atoms with Gasteiger partial charge in [0.25, 0.3) is 0 Å². The van der Waals surface area contributed by atoms with Gasteiger partial charge in [0.1, 0.15) is 0 Å². The van der Waals surface area contributed by atoms with Gasteiger partial charge in [-0.1, -0.05) is 64.4 Å². The lowest BCUT2D eigenvalue weighted by molar-refractivity contribution is -0.128. The summed E-state index contributed by atoms with van der Waals surface area (Å²) < 4.78 is 6.91. The molecule has 0 fully saturated rings. The normalized spacial score (nSPS) is 11.7. The van der Waals surface area contributed by atoms with Gasteiger partial charge in [0.2, 0.25) is 17.7 Å². The number of carbonyl (C=O) groups excluding carboxylic acids is 1. The Bertz CT molecular complexity index is 1410. The molecule has 35 heavy (non-hydrogen) atoms. The third-order valence-electron chi connectivity index (χ3n) is 5.33. The fraction of sp³-hybridized carbons (Fsp3) is 0.320. The van der Waals surface area contributed by atoms with E-state index in [-0.39, 0.29) is 11.8 Å². The topological polar surface area (TPSA) is 119 Å². The first kappa shape index (κ1) is 24.4. The Morgan fingerprint density at radius 3 is 2.43 bits per heavy atom. The van der Waals surface area contributed by atoms with Crippen molar-refractivity contribution in [3.05, 3.63) is 69.4 Å². The first-order valence-corrected chi connectivity index (χ1v) is 11.6. The molecule has 0 saturated heterocycles. The number of hydrogen-bond donors (Lipinski definition) is 2. The predicted molar refractivity (Wildman–Crippen MR) is 133 cm³/mol. The average molecular weight is 495 g/mol. The van der Waals surface area contributed by atoms with Crippen molar-refractivity contribution in [2.45, 2.75) is 47.1 Å². The quantitative estimate of drug-likeness (QED) is 0.400. The van der Waals surface area contributed by atoms with Crippen LogP contribution in [0.5, 0.6) is 0 Å². The molecule has 0 aliphatic heterocycles. The van der Waals surface area contributed by atoms with Gasteiger partial charge in [-0.15, -0.1) is 15.3 Å². The SMILES string of the molecule is CC(C)c1nnc(-c2ccc(-c3nn(-c4cc(CNC(=O)C(C)(C)C)ccc4Cl)c(=O)[nH]3)cc2)o1. The van der Waals surface area contributed by atoms with E-state index in [4.69, 9.17) is 16.0 Å². The Hall–Kier alpha value is -3.72. The highest BCUT2D eigenvalue weighted by atomic mass is 35.5. The molecule has 1 amide bonds. The van der Waals surface area contributed by atoms with Crippen LogP contribution >= 0.6 is 11.6 Å². The molecule has 2 aromatic heterocycles. The van der Waals surface area contributed by atoms with E-state index in [9.17, 15) is 9.59 Å². The van der Waals surface area contributed by atoms with Crippen LogP contribution in [0.3, 0.4) is 0 Å². The predicted octanol–water partition coefficient (Wildman–Crippen LogP) is 4.72. The number of aromatic nitrogens is 5. The Morgan fingerprint density at radius 1 is 1.11 bits per heavy atom. The summed E-state index contributed by atoms with van der Waals surface area (Å²) >= 11 is 6.38. The van der Waals surface area contributed by atoms with Crippen molar-refractivity contribution in [1.82, 2.24) is 30.3 Å². The number of hydrogen-bond acceptors (Lipinski definition) is 6. The Kier molecular flexibility index (Phi) is 6.62. The molecule has 0 aliphatic rings. The van der Waals surface area contributed by atoms with E-state index in [0.717, 1.165) is 11.1 Å². The zero-order chi connectivity index (χ0) is 25.3. The van der Waals surface area contributed by atoms with Crippen LogP contribution in [0.25, 0.3) is 28.5 Å². The lowest BCUT2D eigenvalue weighted by Crippen LogP contribution is -2.34. The lowest BCUT2D eigenvalue weighted by atomic mass is 9.95. The van der Waals surface area contributed by atoms with Gasteiger partial charge in [-0.3, -0.25) is 9.78 Å². The summed E-state index contributed by atoms with van der Waals surface area (Å²) in [6.45, 7) is 9.81. The molecule has 2 aromatic carbocycles. The summed E-state index contributed by atoms with van der Waals surface area (Å²) in [4.78, 5) is 27.7. The number of H-pyrrole nitrogens is 1. The van der Waals surface area contributed by atoms with Gasteiger partial charge >= 0.3 is 5.69 Å². The molecule has 4 aromatic rings. The maximum Gasteiger partial charge on any atom is 0.348 e. The number of benzene rings is 2. The molecule has 0 spiro atoms. The van der Waals surface area contributed by atoms with E-state index < -0.39 is 11.1 Å². The maximum absolute atomic E-state index is 12.7. The van der Waals surface area contributed by atoms with Gasteiger partial charge in [0.15, 0.2) is 5.82 Å². The van der Waals surface area contributed by atoms with Crippen LogP contribution in [0.15, 0.2) is 51.7 Å². The fourth-order valence-electron chi connectivity index (χ4n) is 3.25. The molecular formula is C25H27ClN6O3. The third-order valence-corrected chi connectivity index (χ3v) is 5.65. The van der Waals surface area contributed by atoms with Crippen molar-refractivity contribution in [1.29, 1.82) is 0 Å². The molecule has 2 N–H and O–H groups in total. The number of aromatic amines is 1. The summed E-state index contributed by atoms with van der Waals surface area (Å²) in [6, 6.07) is 12.5. The lowest BCUT2D eigenvalue weighted by Gasteiger charge is -2.17. The number of amides is 1. The monoisotopic (exact) mass is 494 g/mol. The van der Waals surface area contributed by atoms with Crippen molar-refractivity contribution in [3.63, 3.8) is 0 Å². The Morgan fingerprint density at radius 2 is 1.80 bits per heavy atom. The number of nitrogens with zero attached hydrogens (tertiary/aromatic N) is 4. The van der Waals surface area contributed by atoms with Crippen LogP contribution in [-0.4, -0.2) is 30.9 Å². The molecule has 0 radical (unpaired) electrons. The van der Waals surface area contributed by atoms with E-state index in [1.807, 2.05) is 58.9 Å². The van der Waals surface area contributed by atoms with Crippen molar-refractivity contribution in [2.75, 3.05) is 0 Å². The van der Waals surface area contributed by atoms with Crippen molar-refractivity contribution >= 4 is 17.5 Å². The number of nitrogens with one attached hydrogen (secondary N) is 2. The van der Waals surface area contributed by atoms with E-state index >= 15 is 0 Å². The van der Waals surface area contributed by atoms with Crippen LogP contribution in [0.1, 0.15) is 52.0 Å². The zero-order valence-corrected chi connectivity index (χ0v) is 21.0. The molecule has 9 nitrogen and oxygen atoms in total. The largest absolute Gasteiger partial charge is 0.420 e. The van der Waals surface area contributed by atoms with Crippen LogP contribution < -0.4 is 11.0 Å². The number of rotatable bonds is 6. The van der Waals surface area contributed by atoms with Gasteiger partial charge < -0.3 is 9.73 Å². The van der Waals surface area contributed by atoms with Crippen LogP contribution in [0.2, 0.25) is 5.02 Å². The van der Waals surface area contributed by atoms with Gasteiger partial charge in [0.05, 0.1) is 10.7 Å². The summed E-state index contributed by atoms with van der Waals surface area (Å²) in [5, 5.41) is 15.8. The summed E-state index contributed by atoms with van der Waals surface area (Å²) in [5.41, 5.74) is 1.76. The van der Waals surface area contributed by atoms with Gasteiger partial charge in [-0.2, -0.15) is 4.68 Å². The minimum atomic E-state index is -0.501. The van der Waals surface area contributed by atoms with Crippen LogP contribution in [0, 0.1) is 5.41 Å². The average Bonchev–Trinajstić information content (AvgIpc) is 3.45. The summed E-state index contributed by atoms with van der Waals surface area (Å²) in [6.07, 6.45) is 0. The molecule has 0 aliphatic carbocycles. The Labute approximate surface area is 207 Å². The second-order valence-corrected chi connectivity index (χ2v) is 9.99.